The summed E-state index contributed by atoms with van der Waals surface area (Å²) < 4.78 is 31.5. The molecule has 0 spiro atoms. The van der Waals surface area contributed by atoms with E-state index in [0.717, 1.165) is 10.4 Å². The highest BCUT2D eigenvalue weighted by atomic mass is 32.1. The van der Waals surface area contributed by atoms with Gasteiger partial charge in [0.25, 0.3) is 0 Å². The molecule has 2 aromatic rings. The van der Waals surface area contributed by atoms with E-state index in [2.05, 4.69) is 10.3 Å². The lowest BCUT2D eigenvalue weighted by Crippen LogP contribution is -2.57. The van der Waals surface area contributed by atoms with Gasteiger partial charge in [-0.25, -0.2) is 9.78 Å². The Morgan fingerprint density at radius 2 is 1.74 bits per heavy atom. The maximum Gasteiger partial charge on any atom is 0.430 e. The van der Waals surface area contributed by atoms with E-state index in [-0.39, 0.29) is 18.9 Å². The second-order valence-electron chi connectivity index (χ2n) is 6.56. The first-order chi connectivity index (χ1) is 14.4. The smallest absolute Gasteiger partial charge is 0.430 e. The topological polar surface area (TPSA) is 149 Å². The molecule has 1 saturated heterocycles. The summed E-state index contributed by atoms with van der Waals surface area (Å²) in [5.74, 6) is -4.03. The van der Waals surface area contributed by atoms with Crippen molar-refractivity contribution >= 4 is 34.4 Å². The average molecular weight is 459 g/mol. The number of aromatic nitrogens is 1. The van der Waals surface area contributed by atoms with Crippen LogP contribution in [-0.2, 0) is 9.59 Å². The quantitative estimate of drug-likeness (QED) is 0.630. The lowest BCUT2D eigenvalue weighted by atomic mass is 9.89. The fraction of sp³-hybridized carbons (Fsp3) is 0.333. The van der Waals surface area contributed by atoms with Crippen LogP contribution in [0, 0.1) is 0 Å². The molecule has 2 heterocycles. The molecule has 0 saturated carbocycles. The van der Waals surface area contributed by atoms with Crippen LogP contribution < -0.4 is 16.2 Å². The summed E-state index contributed by atoms with van der Waals surface area (Å²) in [6.45, 7) is 0.622. The summed E-state index contributed by atoms with van der Waals surface area (Å²) in [5, 5.41) is 21.2. The number of carboxylic acid groups (broad SMARTS) is 2. The molecule has 1 fully saturated rings. The van der Waals surface area contributed by atoms with Gasteiger partial charge in [0.2, 0.25) is 0 Å². The number of carbonyl (C=O) groups is 3. The lowest BCUT2D eigenvalue weighted by Gasteiger charge is -2.35. The number of nitrogens with zero attached hydrogens (tertiary/aromatic N) is 2. The predicted octanol–water partition coefficient (Wildman–Crippen LogP) is 1.52. The molecule has 0 unspecified atom stereocenters. The number of thiazole rings is 1. The maximum absolute atomic E-state index is 12.3. The monoisotopic (exact) mass is 459 g/mol. The van der Waals surface area contributed by atoms with Crippen molar-refractivity contribution in [2.45, 2.75) is 24.6 Å². The normalized spacial score (nSPS) is 15.4. The van der Waals surface area contributed by atoms with Crippen molar-refractivity contribution in [2.75, 3.05) is 18.4 Å². The minimum atomic E-state index is -5.19. The minimum absolute atomic E-state index is 0.239. The molecule has 1 aromatic carbocycles. The van der Waals surface area contributed by atoms with Gasteiger partial charge >= 0.3 is 18.2 Å². The van der Waals surface area contributed by atoms with Gasteiger partial charge in [-0.05, 0) is 18.4 Å². The molecule has 0 aliphatic carbocycles. The number of rotatable bonds is 3. The van der Waals surface area contributed by atoms with Crippen molar-refractivity contribution < 1.29 is 37.8 Å². The molecule has 1 aliphatic heterocycles. The van der Waals surface area contributed by atoms with Crippen molar-refractivity contribution in [3.63, 3.8) is 0 Å². The Balaban J connectivity index is 0.000000423. The van der Waals surface area contributed by atoms with E-state index in [9.17, 15) is 22.8 Å². The molecule has 13 heteroatoms. The van der Waals surface area contributed by atoms with Gasteiger partial charge in [-0.2, -0.15) is 13.2 Å². The van der Waals surface area contributed by atoms with E-state index in [1.807, 2.05) is 30.3 Å². The Hall–Kier alpha value is -3.19. The standard InChI is InChI=1S/C16H18N4O3S.C2HF3O2/c17-16(13(21)22)6-8-20(9-7-16)15(23)19-14-18-10-12(24-14)11-4-2-1-3-5-11;3-2(4,5)1(6)7/h1-5,10H,6-9,17H2,(H,21,22)(H,18,19,23);(H,6,7)/p-1. The highest BCUT2D eigenvalue weighted by Crippen LogP contribution is 2.29. The van der Waals surface area contributed by atoms with Gasteiger partial charge in [-0.15, -0.1) is 0 Å². The molecule has 0 bridgehead atoms. The molecule has 4 N–H and O–H groups in total. The molecule has 0 radical (unpaired) electrons. The minimum Gasteiger partial charge on any atom is -0.542 e. The summed E-state index contributed by atoms with van der Waals surface area (Å²) in [6.07, 6.45) is -2.99. The predicted molar refractivity (Wildman–Crippen MR) is 103 cm³/mol. The van der Waals surface area contributed by atoms with Crippen LogP contribution >= 0.6 is 11.3 Å². The SMILES string of the molecule is NC1(C(=O)O)CCN(C(=O)Nc2ncc(-c3ccccc3)s2)CC1.O=C([O-])C(F)(F)F. The number of anilines is 1. The highest BCUT2D eigenvalue weighted by Gasteiger charge is 2.38. The largest absolute Gasteiger partial charge is 0.542 e. The van der Waals surface area contributed by atoms with E-state index in [1.54, 1.807) is 11.1 Å². The lowest BCUT2D eigenvalue weighted by molar-refractivity contribution is -0.344. The number of halogens is 3. The average Bonchev–Trinajstić information content (AvgIpc) is 3.17. The van der Waals surface area contributed by atoms with Gasteiger partial charge in [-0.3, -0.25) is 10.1 Å². The molecule has 0 atom stereocenters. The van der Waals surface area contributed by atoms with Crippen molar-refractivity contribution in [1.82, 2.24) is 9.88 Å². The Morgan fingerprint density at radius 3 is 2.23 bits per heavy atom. The number of carboxylic acids is 2. The highest BCUT2D eigenvalue weighted by molar-refractivity contribution is 7.19. The van der Waals surface area contributed by atoms with E-state index in [4.69, 9.17) is 20.7 Å². The number of benzene rings is 1. The summed E-state index contributed by atoms with van der Waals surface area (Å²) >= 11 is 1.39. The van der Waals surface area contributed by atoms with Crippen molar-refractivity contribution in [3.05, 3.63) is 36.5 Å². The Bertz CT molecular complexity index is 928. The number of aliphatic carboxylic acids is 2. The number of piperidine rings is 1. The number of nitrogens with two attached hydrogens (primary N) is 1. The van der Waals surface area contributed by atoms with Gasteiger partial charge < -0.3 is 25.6 Å². The number of carbonyl (C=O) groups excluding carboxylic acids is 2. The van der Waals surface area contributed by atoms with Gasteiger partial charge in [0.15, 0.2) is 5.13 Å². The van der Waals surface area contributed by atoms with Crippen molar-refractivity contribution in [2.24, 2.45) is 5.73 Å². The number of amides is 2. The van der Waals surface area contributed by atoms with Gasteiger partial charge in [0, 0.05) is 19.3 Å². The van der Waals surface area contributed by atoms with Crippen LogP contribution in [0.3, 0.4) is 0 Å². The van der Waals surface area contributed by atoms with Crippen molar-refractivity contribution in [1.29, 1.82) is 0 Å². The molecule has 1 aliphatic rings. The number of urea groups is 1. The van der Waals surface area contributed by atoms with Crippen LogP contribution in [0.2, 0.25) is 0 Å². The Morgan fingerprint density at radius 1 is 1.19 bits per heavy atom. The fourth-order valence-electron chi connectivity index (χ4n) is 2.56. The molecule has 9 nitrogen and oxygen atoms in total. The van der Waals surface area contributed by atoms with E-state index in [0.29, 0.717) is 18.2 Å². The van der Waals surface area contributed by atoms with Crippen molar-refractivity contribution in [3.8, 4) is 10.4 Å². The molecule has 2 amide bonds. The molecule has 1 aromatic heterocycles. The molecular weight excluding hydrogens is 441 g/mol. The third kappa shape index (κ3) is 6.65. The molecule has 31 heavy (non-hydrogen) atoms. The van der Waals surface area contributed by atoms with Gasteiger partial charge in [-0.1, -0.05) is 41.7 Å². The molecule has 3 rings (SSSR count). The molecular formula is C18H18F3N4O5S-. The summed E-state index contributed by atoms with van der Waals surface area (Å²) in [4.78, 5) is 39.0. The maximum atomic E-state index is 12.3. The summed E-state index contributed by atoms with van der Waals surface area (Å²) in [7, 11) is 0. The fourth-order valence-corrected chi connectivity index (χ4v) is 3.37. The second kappa shape index (κ2) is 9.75. The number of alkyl halides is 3. The van der Waals surface area contributed by atoms with Crippen LogP contribution in [0.1, 0.15) is 12.8 Å². The molecule has 168 valence electrons. The zero-order valence-electron chi connectivity index (χ0n) is 15.9. The first kappa shape index (κ1) is 24.1. The van der Waals surface area contributed by atoms with E-state index < -0.39 is 23.7 Å². The number of likely N-dealkylation sites (tertiary alicyclic amines) is 1. The number of hydrogen-bond acceptors (Lipinski definition) is 7. The summed E-state index contributed by atoms with van der Waals surface area (Å²) in [6, 6.07) is 9.52. The third-order valence-corrected chi connectivity index (χ3v) is 5.34. The zero-order chi connectivity index (χ0) is 23.2. The zero-order valence-corrected chi connectivity index (χ0v) is 16.7. The van der Waals surface area contributed by atoms with Crippen LogP contribution in [0.25, 0.3) is 10.4 Å². The Labute approximate surface area is 178 Å². The van der Waals surface area contributed by atoms with Crippen LogP contribution in [-0.4, -0.2) is 57.8 Å². The first-order valence-corrected chi connectivity index (χ1v) is 9.61. The van der Waals surface area contributed by atoms with Crippen LogP contribution in [0.5, 0.6) is 0 Å². The first-order valence-electron chi connectivity index (χ1n) is 8.80. The second-order valence-corrected chi connectivity index (χ2v) is 7.59. The van der Waals surface area contributed by atoms with Crippen LogP contribution in [0.4, 0.5) is 23.1 Å². The number of hydrogen-bond donors (Lipinski definition) is 3. The number of nitrogens with one attached hydrogen (secondary N) is 1. The van der Waals surface area contributed by atoms with Crippen LogP contribution in [0.15, 0.2) is 36.5 Å². The van der Waals surface area contributed by atoms with Gasteiger partial charge in [0.1, 0.15) is 11.5 Å². The van der Waals surface area contributed by atoms with E-state index >= 15 is 0 Å². The Kier molecular flexibility index (Phi) is 7.57. The third-order valence-electron chi connectivity index (χ3n) is 4.38. The van der Waals surface area contributed by atoms with E-state index in [1.165, 1.54) is 11.3 Å². The van der Waals surface area contributed by atoms with Gasteiger partial charge in [0.05, 0.1) is 4.88 Å². The summed E-state index contributed by atoms with van der Waals surface area (Å²) in [5.41, 5.74) is 5.62.